The molecule has 0 amide bonds. The van der Waals surface area contributed by atoms with Gasteiger partial charge in [-0.05, 0) is 42.5 Å². The summed E-state index contributed by atoms with van der Waals surface area (Å²) in [4.78, 5) is 2.52. The minimum Gasteiger partial charge on any atom is -0.399 e. The molecule has 0 saturated heterocycles. The number of nitrogens with zero attached hydrogens (tertiary/aromatic N) is 1. The smallest absolute Gasteiger partial charge is 0.0589 e. The van der Waals surface area contributed by atoms with Crippen LogP contribution in [0.2, 0.25) is 0 Å². The second-order valence-corrected chi connectivity index (χ2v) is 5.39. The molecule has 4 heteroatoms. The average Bonchev–Trinajstić information content (AvgIpc) is 2.85. The van der Waals surface area contributed by atoms with E-state index in [9.17, 15) is 0 Å². The van der Waals surface area contributed by atoms with Gasteiger partial charge in [-0.2, -0.15) is 0 Å². The van der Waals surface area contributed by atoms with Crippen LogP contribution >= 0.6 is 0 Å². The zero-order chi connectivity index (χ0) is 14.4. The van der Waals surface area contributed by atoms with E-state index in [1.54, 1.807) is 14.2 Å². The van der Waals surface area contributed by atoms with Crippen molar-refractivity contribution in [3.05, 3.63) is 29.3 Å². The third kappa shape index (κ3) is 3.72. The van der Waals surface area contributed by atoms with Gasteiger partial charge >= 0.3 is 0 Å². The standard InChI is InChI=1S/C16H26N2O2/c1-19-10-3-8-18(9-11-20-2)16-7-4-13-12-14(17)5-6-15(13)16/h5-6,12,16H,3-4,7-11,17H2,1-2H3. The Kier molecular flexibility index (Phi) is 5.83. The van der Waals surface area contributed by atoms with E-state index in [1.165, 1.54) is 17.5 Å². The minimum absolute atomic E-state index is 0.498. The van der Waals surface area contributed by atoms with Crippen LogP contribution in [0.1, 0.15) is 30.0 Å². The van der Waals surface area contributed by atoms with Gasteiger partial charge in [-0.1, -0.05) is 6.07 Å². The van der Waals surface area contributed by atoms with Gasteiger partial charge in [0.1, 0.15) is 0 Å². The molecule has 0 bridgehead atoms. The molecule has 0 radical (unpaired) electrons. The largest absolute Gasteiger partial charge is 0.399 e. The lowest BCUT2D eigenvalue weighted by Crippen LogP contribution is -2.32. The van der Waals surface area contributed by atoms with Crippen molar-refractivity contribution < 1.29 is 9.47 Å². The van der Waals surface area contributed by atoms with Gasteiger partial charge in [0.2, 0.25) is 0 Å². The van der Waals surface area contributed by atoms with Crippen LogP contribution in [0.25, 0.3) is 0 Å². The van der Waals surface area contributed by atoms with Gasteiger partial charge in [-0.15, -0.1) is 0 Å². The summed E-state index contributed by atoms with van der Waals surface area (Å²) in [5.74, 6) is 0. The number of nitrogen functional groups attached to an aromatic ring is 1. The van der Waals surface area contributed by atoms with Crippen LogP contribution in [0.5, 0.6) is 0 Å². The van der Waals surface area contributed by atoms with E-state index in [1.807, 2.05) is 6.07 Å². The van der Waals surface area contributed by atoms with Gasteiger partial charge in [0.25, 0.3) is 0 Å². The second kappa shape index (κ2) is 7.62. The molecule has 0 spiro atoms. The third-order valence-corrected chi connectivity index (χ3v) is 4.03. The van der Waals surface area contributed by atoms with Crippen molar-refractivity contribution in [2.45, 2.75) is 25.3 Å². The topological polar surface area (TPSA) is 47.7 Å². The molecular formula is C16H26N2O2. The first-order valence-corrected chi connectivity index (χ1v) is 7.36. The highest BCUT2D eigenvalue weighted by Crippen LogP contribution is 2.36. The van der Waals surface area contributed by atoms with Crippen molar-refractivity contribution in [3.8, 4) is 0 Å². The molecule has 1 aromatic rings. The van der Waals surface area contributed by atoms with Crippen molar-refractivity contribution in [1.29, 1.82) is 0 Å². The Morgan fingerprint density at radius 1 is 1.20 bits per heavy atom. The number of hydrogen-bond donors (Lipinski definition) is 1. The zero-order valence-corrected chi connectivity index (χ0v) is 12.6. The molecule has 1 unspecified atom stereocenters. The molecule has 20 heavy (non-hydrogen) atoms. The molecule has 2 rings (SSSR count). The first kappa shape index (κ1) is 15.3. The van der Waals surface area contributed by atoms with Gasteiger partial charge in [0, 0.05) is 45.6 Å². The Morgan fingerprint density at radius 2 is 2.00 bits per heavy atom. The number of nitrogens with two attached hydrogens (primary N) is 1. The molecule has 0 aliphatic heterocycles. The second-order valence-electron chi connectivity index (χ2n) is 5.39. The monoisotopic (exact) mass is 278 g/mol. The number of ether oxygens (including phenoxy) is 2. The van der Waals surface area contributed by atoms with Crippen molar-refractivity contribution in [2.24, 2.45) is 0 Å². The SMILES string of the molecule is COCCCN(CCOC)C1CCc2cc(N)ccc21. The summed E-state index contributed by atoms with van der Waals surface area (Å²) >= 11 is 0. The van der Waals surface area contributed by atoms with E-state index in [0.29, 0.717) is 6.04 Å². The first-order valence-electron chi connectivity index (χ1n) is 7.36. The highest BCUT2D eigenvalue weighted by Gasteiger charge is 2.27. The molecule has 2 N–H and O–H groups in total. The lowest BCUT2D eigenvalue weighted by Gasteiger charge is -2.29. The fourth-order valence-corrected chi connectivity index (χ4v) is 3.04. The first-order chi connectivity index (χ1) is 9.76. The molecule has 0 aromatic heterocycles. The lowest BCUT2D eigenvalue weighted by molar-refractivity contribution is 0.106. The number of hydrogen-bond acceptors (Lipinski definition) is 4. The quantitative estimate of drug-likeness (QED) is 0.585. The fourth-order valence-electron chi connectivity index (χ4n) is 3.04. The number of benzene rings is 1. The Morgan fingerprint density at radius 3 is 2.75 bits per heavy atom. The van der Waals surface area contributed by atoms with Crippen LogP contribution in [0.15, 0.2) is 18.2 Å². The molecule has 1 aliphatic carbocycles. The molecule has 0 fully saturated rings. The van der Waals surface area contributed by atoms with Crippen LogP contribution in [0.4, 0.5) is 5.69 Å². The predicted octanol–water partition coefficient (Wildman–Crippen LogP) is 2.24. The Labute approximate surface area is 121 Å². The fraction of sp³-hybridized carbons (Fsp3) is 0.625. The lowest BCUT2D eigenvalue weighted by atomic mass is 10.1. The van der Waals surface area contributed by atoms with Crippen LogP contribution in [-0.2, 0) is 15.9 Å². The Balaban J connectivity index is 2.06. The highest BCUT2D eigenvalue weighted by atomic mass is 16.5. The third-order valence-electron chi connectivity index (χ3n) is 4.03. The van der Waals surface area contributed by atoms with Gasteiger partial charge in [-0.25, -0.2) is 0 Å². The maximum absolute atomic E-state index is 5.88. The summed E-state index contributed by atoms with van der Waals surface area (Å²) in [5, 5.41) is 0. The van der Waals surface area contributed by atoms with Gasteiger partial charge in [0.15, 0.2) is 0 Å². The molecule has 1 aromatic carbocycles. The molecule has 1 atom stereocenters. The van der Waals surface area contributed by atoms with Gasteiger partial charge in [-0.3, -0.25) is 4.90 Å². The van der Waals surface area contributed by atoms with Crippen LogP contribution in [-0.4, -0.2) is 45.4 Å². The van der Waals surface area contributed by atoms with Crippen molar-refractivity contribution >= 4 is 5.69 Å². The molecule has 112 valence electrons. The summed E-state index contributed by atoms with van der Waals surface area (Å²) < 4.78 is 10.4. The predicted molar refractivity (Wildman–Crippen MR) is 81.9 cm³/mol. The summed E-state index contributed by atoms with van der Waals surface area (Å²) in [6, 6.07) is 6.83. The van der Waals surface area contributed by atoms with Crippen LogP contribution in [0.3, 0.4) is 0 Å². The molecule has 4 nitrogen and oxygen atoms in total. The Bertz CT molecular complexity index is 423. The van der Waals surface area contributed by atoms with E-state index in [4.69, 9.17) is 15.2 Å². The molecule has 1 aliphatic rings. The summed E-state index contributed by atoms with van der Waals surface area (Å²) in [6.07, 6.45) is 3.36. The molecule has 0 heterocycles. The maximum Gasteiger partial charge on any atom is 0.0589 e. The van der Waals surface area contributed by atoms with Crippen molar-refractivity contribution in [3.63, 3.8) is 0 Å². The average molecular weight is 278 g/mol. The normalized spacial score (nSPS) is 17.6. The Hall–Kier alpha value is -1.10. The maximum atomic E-state index is 5.88. The molecule has 0 saturated carbocycles. The number of methoxy groups -OCH3 is 2. The van der Waals surface area contributed by atoms with E-state index in [0.717, 1.165) is 44.8 Å². The van der Waals surface area contributed by atoms with Gasteiger partial charge < -0.3 is 15.2 Å². The summed E-state index contributed by atoms with van der Waals surface area (Å²) in [6.45, 7) is 3.60. The minimum atomic E-state index is 0.498. The van der Waals surface area contributed by atoms with Crippen molar-refractivity contribution in [1.82, 2.24) is 4.90 Å². The summed E-state index contributed by atoms with van der Waals surface area (Å²) in [7, 11) is 3.52. The van der Waals surface area contributed by atoms with Crippen LogP contribution in [0, 0.1) is 0 Å². The van der Waals surface area contributed by atoms with Gasteiger partial charge in [0.05, 0.1) is 6.61 Å². The number of rotatable bonds is 8. The van der Waals surface area contributed by atoms with E-state index in [-0.39, 0.29) is 0 Å². The summed E-state index contributed by atoms with van der Waals surface area (Å²) in [5.41, 5.74) is 9.59. The molecular weight excluding hydrogens is 252 g/mol. The van der Waals surface area contributed by atoms with E-state index < -0.39 is 0 Å². The number of anilines is 1. The van der Waals surface area contributed by atoms with E-state index >= 15 is 0 Å². The van der Waals surface area contributed by atoms with Crippen molar-refractivity contribution in [2.75, 3.05) is 46.3 Å². The number of fused-ring (bicyclic) bond motifs is 1. The van der Waals surface area contributed by atoms with E-state index in [2.05, 4.69) is 17.0 Å². The van der Waals surface area contributed by atoms with Crippen LogP contribution < -0.4 is 5.73 Å². The zero-order valence-electron chi connectivity index (χ0n) is 12.6. The number of aryl methyl sites for hydroxylation is 1. The highest BCUT2D eigenvalue weighted by molar-refractivity contribution is 5.47.